The van der Waals surface area contributed by atoms with E-state index in [4.69, 9.17) is 0 Å². The van der Waals surface area contributed by atoms with Gasteiger partial charge in [-0.05, 0) is 56.4 Å². The maximum atomic E-state index is 13.0. The minimum absolute atomic E-state index is 0.0591. The lowest BCUT2D eigenvalue weighted by Crippen LogP contribution is -2.53. The van der Waals surface area contributed by atoms with Gasteiger partial charge in [-0.15, -0.1) is 0 Å². The summed E-state index contributed by atoms with van der Waals surface area (Å²) < 4.78 is 1.77. The average molecular weight is 530 g/mol. The lowest BCUT2D eigenvalue weighted by atomic mass is 10.0. The Labute approximate surface area is 230 Å². The van der Waals surface area contributed by atoms with Crippen molar-refractivity contribution in [2.75, 3.05) is 26.2 Å². The number of urea groups is 1. The second kappa shape index (κ2) is 12.8. The molecule has 0 bridgehead atoms. The van der Waals surface area contributed by atoms with Crippen LogP contribution in [0.5, 0.6) is 0 Å². The predicted octanol–water partition coefficient (Wildman–Crippen LogP) is 4.67. The number of aromatic nitrogens is 2. The van der Waals surface area contributed by atoms with Crippen molar-refractivity contribution in [2.45, 2.75) is 57.0 Å². The predicted molar refractivity (Wildman–Crippen MR) is 152 cm³/mol. The van der Waals surface area contributed by atoms with Gasteiger partial charge in [-0.1, -0.05) is 66.7 Å². The minimum atomic E-state index is -0.419. The molecule has 39 heavy (non-hydrogen) atoms. The smallest absolute Gasteiger partial charge is 0.326 e. The SMILES string of the molecule is O=C(N[C@H]1CCCCN(CC2CC2)C1=O)N1CCC(n2cc(-c3ccccc3)[nH]c2=O)CC1.c1ccccc1. The van der Waals surface area contributed by atoms with Crippen LogP contribution in [0.15, 0.2) is 77.7 Å². The van der Waals surface area contributed by atoms with Crippen LogP contribution >= 0.6 is 0 Å². The zero-order chi connectivity index (χ0) is 27.0. The monoisotopic (exact) mass is 529 g/mol. The van der Waals surface area contributed by atoms with Crippen LogP contribution < -0.4 is 11.0 Å². The van der Waals surface area contributed by atoms with E-state index < -0.39 is 6.04 Å². The first-order chi connectivity index (χ1) is 19.1. The standard InChI is InChI=1S/C25H33N5O3.C6H6/c31-23-21(8-4-5-13-29(23)16-18-9-10-18)26-24(32)28-14-11-20(12-15-28)30-17-22(27-25(30)33)19-6-2-1-3-7-19;1-2-4-6-5-3-1/h1-3,6-7,17-18,20-21H,4-5,8-16H2,(H,26,32)(H,27,33);1-6H/t21-;/m0./s1. The number of hydrogen-bond donors (Lipinski definition) is 2. The van der Waals surface area contributed by atoms with Crippen LogP contribution in [0.25, 0.3) is 11.3 Å². The van der Waals surface area contributed by atoms with Gasteiger partial charge in [0.2, 0.25) is 5.91 Å². The van der Waals surface area contributed by atoms with Gasteiger partial charge in [-0.2, -0.15) is 0 Å². The van der Waals surface area contributed by atoms with Crippen molar-refractivity contribution in [3.05, 3.63) is 83.4 Å². The quantitative estimate of drug-likeness (QED) is 0.503. The number of imidazole rings is 1. The molecule has 3 amide bonds. The number of nitrogens with one attached hydrogen (secondary N) is 2. The summed E-state index contributed by atoms with van der Waals surface area (Å²) in [4.78, 5) is 45.2. The molecule has 3 heterocycles. The summed E-state index contributed by atoms with van der Waals surface area (Å²) in [5.74, 6) is 0.733. The molecule has 0 radical (unpaired) electrons. The molecule has 6 rings (SSSR count). The van der Waals surface area contributed by atoms with E-state index in [0.29, 0.717) is 38.3 Å². The Kier molecular flexibility index (Phi) is 8.81. The zero-order valence-electron chi connectivity index (χ0n) is 22.5. The molecule has 0 unspecified atom stereocenters. The molecule has 1 aromatic heterocycles. The molecule has 2 N–H and O–H groups in total. The van der Waals surface area contributed by atoms with Crippen molar-refractivity contribution < 1.29 is 9.59 Å². The van der Waals surface area contributed by atoms with Crippen LogP contribution in [-0.4, -0.2) is 63.5 Å². The highest BCUT2D eigenvalue weighted by Gasteiger charge is 2.34. The number of amides is 3. The van der Waals surface area contributed by atoms with Gasteiger partial charge in [-0.25, -0.2) is 9.59 Å². The molecule has 1 aliphatic carbocycles. The average Bonchev–Trinajstić information content (AvgIpc) is 3.75. The Bertz CT molecular complexity index is 1230. The van der Waals surface area contributed by atoms with Gasteiger partial charge < -0.3 is 20.1 Å². The highest BCUT2D eigenvalue weighted by Crippen LogP contribution is 2.31. The highest BCUT2D eigenvalue weighted by atomic mass is 16.2. The minimum Gasteiger partial charge on any atom is -0.341 e. The normalized spacial score (nSPS) is 20.1. The van der Waals surface area contributed by atoms with Crippen molar-refractivity contribution in [1.82, 2.24) is 24.7 Å². The number of nitrogens with zero attached hydrogens (tertiary/aromatic N) is 3. The van der Waals surface area contributed by atoms with Crippen molar-refractivity contribution in [3.8, 4) is 11.3 Å². The summed E-state index contributed by atoms with van der Waals surface area (Å²) in [7, 11) is 0. The summed E-state index contributed by atoms with van der Waals surface area (Å²) in [5.41, 5.74) is 1.67. The third-order valence-electron chi connectivity index (χ3n) is 7.89. The fraction of sp³-hybridized carbons (Fsp3) is 0.452. The molecule has 2 saturated heterocycles. The number of aromatic amines is 1. The number of likely N-dealkylation sites (tertiary alicyclic amines) is 2. The second-order valence-corrected chi connectivity index (χ2v) is 10.8. The van der Waals surface area contributed by atoms with Gasteiger partial charge in [0.15, 0.2) is 0 Å². The van der Waals surface area contributed by atoms with E-state index >= 15 is 0 Å². The van der Waals surface area contributed by atoms with Crippen molar-refractivity contribution in [2.24, 2.45) is 5.92 Å². The van der Waals surface area contributed by atoms with Crippen LogP contribution in [0.2, 0.25) is 0 Å². The molecule has 8 heteroatoms. The van der Waals surface area contributed by atoms with Gasteiger partial charge in [0.25, 0.3) is 0 Å². The number of H-pyrrole nitrogens is 1. The molecule has 3 aliphatic rings. The lowest BCUT2D eigenvalue weighted by Gasteiger charge is -2.33. The van der Waals surface area contributed by atoms with Gasteiger partial charge in [0.1, 0.15) is 6.04 Å². The van der Waals surface area contributed by atoms with E-state index in [1.54, 1.807) is 9.47 Å². The summed E-state index contributed by atoms with van der Waals surface area (Å²) in [6.45, 7) is 2.79. The van der Waals surface area contributed by atoms with E-state index in [1.807, 2.05) is 77.8 Å². The van der Waals surface area contributed by atoms with Crippen LogP contribution in [0.4, 0.5) is 4.79 Å². The maximum absolute atomic E-state index is 13.0. The molecule has 3 fully saturated rings. The third-order valence-corrected chi connectivity index (χ3v) is 7.89. The Hall–Kier alpha value is -3.81. The van der Waals surface area contributed by atoms with Crippen LogP contribution in [0.1, 0.15) is 51.0 Å². The molecule has 1 saturated carbocycles. The Morgan fingerprint density at radius 2 is 1.46 bits per heavy atom. The topological polar surface area (TPSA) is 90.4 Å². The molecular formula is C31H39N5O3. The first kappa shape index (κ1) is 26.8. The van der Waals surface area contributed by atoms with Crippen molar-refractivity contribution in [3.63, 3.8) is 0 Å². The van der Waals surface area contributed by atoms with Gasteiger partial charge in [0, 0.05) is 38.4 Å². The van der Waals surface area contributed by atoms with Crippen molar-refractivity contribution >= 4 is 11.9 Å². The third kappa shape index (κ3) is 7.19. The van der Waals surface area contributed by atoms with Crippen LogP contribution in [0.3, 0.4) is 0 Å². The molecule has 0 spiro atoms. The van der Waals surface area contributed by atoms with Crippen molar-refractivity contribution in [1.29, 1.82) is 0 Å². The van der Waals surface area contributed by atoms with E-state index in [2.05, 4.69) is 10.3 Å². The van der Waals surface area contributed by atoms with Gasteiger partial charge in [0.05, 0.1) is 5.69 Å². The summed E-state index contributed by atoms with van der Waals surface area (Å²) >= 11 is 0. The van der Waals surface area contributed by atoms with Gasteiger partial charge in [-0.3, -0.25) is 9.36 Å². The van der Waals surface area contributed by atoms with Crippen LogP contribution in [0, 0.1) is 5.92 Å². The molecule has 2 aromatic carbocycles. The van der Waals surface area contributed by atoms with E-state index in [9.17, 15) is 14.4 Å². The Balaban J connectivity index is 0.000000455. The summed E-state index contributed by atoms with van der Waals surface area (Å²) in [5, 5.41) is 3.01. The summed E-state index contributed by atoms with van der Waals surface area (Å²) in [6, 6.07) is 21.3. The molecule has 2 aliphatic heterocycles. The number of hydrogen-bond acceptors (Lipinski definition) is 3. The van der Waals surface area contributed by atoms with Gasteiger partial charge >= 0.3 is 11.7 Å². The number of piperidine rings is 1. The largest absolute Gasteiger partial charge is 0.341 e. The van der Waals surface area contributed by atoms with Crippen LogP contribution in [-0.2, 0) is 4.79 Å². The first-order valence-electron chi connectivity index (χ1n) is 14.3. The summed E-state index contributed by atoms with van der Waals surface area (Å²) in [6.07, 6.45) is 8.42. The maximum Gasteiger partial charge on any atom is 0.326 e. The number of rotatable bonds is 5. The zero-order valence-corrected chi connectivity index (χ0v) is 22.5. The molecule has 8 nitrogen and oxygen atoms in total. The fourth-order valence-corrected chi connectivity index (χ4v) is 5.45. The van der Waals surface area contributed by atoms with E-state index in [-0.39, 0.29) is 23.7 Å². The first-order valence-corrected chi connectivity index (χ1v) is 14.3. The second-order valence-electron chi connectivity index (χ2n) is 10.8. The molecule has 3 aromatic rings. The van der Waals surface area contributed by atoms with E-state index in [0.717, 1.165) is 37.2 Å². The fourth-order valence-electron chi connectivity index (χ4n) is 5.45. The highest BCUT2D eigenvalue weighted by molar-refractivity contribution is 5.87. The molecule has 1 atom stereocenters. The Morgan fingerprint density at radius 3 is 2.10 bits per heavy atom. The molecular weight excluding hydrogens is 490 g/mol. The van der Waals surface area contributed by atoms with E-state index in [1.165, 1.54) is 12.8 Å². The number of carbonyl (C=O) groups is 2. The Morgan fingerprint density at radius 1 is 0.821 bits per heavy atom. The molecule has 206 valence electrons. The lowest BCUT2D eigenvalue weighted by molar-refractivity contribution is -0.133. The number of benzene rings is 2. The number of carbonyl (C=O) groups excluding carboxylic acids is 2.